The lowest BCUT2D eigenvalue weighted by molar-refractivity contribution is -0.151. The van der Waals surface area contributed by atoms with Crippen LogP contribution in [0.4, 0.5) is 0 Å². The predicted molar refractivity (Wildman–Crippen MR) is 91.0 cm³/mol. The molecule has 0 aromatic carbocycles. The minimum absolute atomic E-state index is 0.00312. The Hall–Kier alpha value is -1.35. The van der Waals surface area contributed by atoms with Gasteiger partial charge < -0.3 is 9.47 Å². The summed E-state index contributed by atoms with van der Waals surface area (Å²) in [5, 5.41) is 0. The van der Waals surface area contributed by atoms with Crippen LogP contribution < -0.4 is 0 Å². The van der Waals surface area contributed by atoms with Crippen molar-refractivity contribution < 1.29 is 14.3 Å². The van der Waals surface area contributed by atoms with Crippen LogP contribution in [0.3, 0.4) is 0 Å². The monoisotopic (exact) mass is 316 g/mol. The first-order chi connectivity index (χ1) is 10.9. The molecule has 0 amide bonds. The van der Waals surface area contributed by atoms with E-state index in [1.54, 1.807) is 0 Å². The Morgan fingerprint density at radius 3 is 2.83 bits per heavy atom. The lowest BCUT2D eigenvalue weighted by Crippen LogP contribution is -2.35. The number of esters is 1. The molecule has 3 heteroatoms. The summed E-state index contributed by atoms with van der Waals surface area (Å²) in [4.78, 5) is 12.3. The van der Waals surface area contributed by atoms with Crippen LogP contribution in [0.25, 0.3) is 0 Å². The van der Waals surface area contributed by atoms with Crippen molar-refractivity contribution >= 4 is 5.97 Å². The Morgan fingerprint density at radius 2 is 2.13 bits per heavy atom. The summed E-state index contributed by atoms with van der Waals surface area (Å²) in [5.41, 5.74) is 3.71. The summed E-state index contributed by atoms with van der Waals surface area (Å²) in [7, 11) is 0. The second kappa shape index (κ2) is 6.27. The standard InChI is InChI=1S/C20H28O3/c1-13-6-5-7-14(2)18-16(10-8-13)15(12-22-19(18)21)9-11-17-20(3,4)23-17/h6,9,16-18H,2,5,7-8,10-12H2,1,3-4H3/b13-6+,15-9-/t16-,17?,18+/m0/s1. The van der Waals surface area contributed by atoms with E-state index in [4.69, 9.17) is 9.47 Å². The van der Waals surface area contributed by atoms with Gasteiger partial charge in [-0.05, 0) is 58.4 Å². The third-order valence-electron chi connectivity index (χ3n) is 5.52. The highest BCUT2D eigenvalue weighted by Gasteiger charge is 2.47. The number of cyclic esters (lactones) is 1. The lowest BCUT2D eigenvalue weighted by Gasteiger charge is -2.33. The number of carbonyl (C=O) groups is 1. The number of carbonyl (C=O) groups excluding carboxylic acids is 1. The average Bonchev–Trinajstić information content (AvgIpc) is 3.08. The fraction of sp³-hybridized carbons (Fsp3) is 0.650. The van der Waals surface area contributed by atoms with Gasteiger partial charge in [0.15, 0.2) is 0 Å². The van der Waals surface area contributed by atoms with E-state index in [0.29, 0.717) is 12.7 Å². The average molecular weight is 316 g/mol. The fourth-order valence-corrected chi connectivity index (χ4v) is 3.81. The van der Waals surface area contributed by atoms with E-state index >= 15 is 0 Å². The largest absolute Gasteiger partial charge is 0.461 e. The molecule has 2 aliphatic heterocycles. The van der Waals surface area contributed by atoms with Crippen molar-refractivity contribution in [2.75, 3.05) is 6.61 Å². The van der Waals surface area contributed by atoms with Gasteiger partial charge in [-0.15, -0.1) is 0 Å². The molecule has 0 aromatic heterocycles. The maximum Gasteiger partial charge on any atom is 0.313 e. The van der Waals surface area contributed by atoms with Gasteiger partial charge in [0.2, 0.25) is 0 Å². The van der Waals surface area contributed by atoms with Crippen LogP contribution in [0.5, 0.6) is 0 Å². The van der Waals surface area contributed by atoms with Crippen LogP contribution in [0.1, 0.15) is 52.9 Å². The van der Waals surface area contributed by atoms with E-state index in [0.717, 1.165) is 37.7 Å². The van der Waals surface area contributed by atoms with Crippen LogP contribution >= 0.6 is 0 Å². The molecule has 23 heavy (non-hydrogen) atoms. The van der Waals surface area contributed by atoms with Gasteiger partial charge in [0.25, 0.3) is 0 Å². The summed E-state index contributed by atoms with van der Waals surface area (Å²) in [6, 6.07) is 0. The molecule has 0 N–H and O–H groups in total. The van der Waals surface area contributed by atoms with Gasteiger partial charge >= 0.3 is 5.97 Å². The van der Waals surface area contributed by atoms with Gasteiger partial charge in [-0.3, -0.25) is 4.79 Å². The molecule has 3 atom stereocenters. The van der Waals surface area contributed by atoms with Gasteiger partial charge in [0, 0.05) is 5.92 Å². The molecule has 1 unspecified atom stereocenters. The third kappa shape index (κ3) is 3.60. The first-order valence-electron chi connectivity index (χ1n) is 8.75. The topological polar surface area (TPSA) is 38.8 Å². The first-order valence-corrected chi connectivity index (χ1v) is 8.75. The molecule has 0 radical (unpaired) electrons. The molecular weight excluding hydrogens is 288 g/mol. The number of hydrogen-bond donors (Lipinski definition) is 0. The van der Waals surface area contributed by atoms with Crippen LogP contribution in [0.2, 0.25) is 0 Å². The molecule has 2 saturated heterocycles. The van der Waals surface area contributed by atoms with Crippen LogP contribution in [0, 0.1) is 11.8 Å². The van der Waals surface area contributed by atoms with Crippen molar-refractivity contribution in [3.63, 3.8) is 0 Å². The van der Waals surface area contributed by atoms with E-state index in [1.165, 1.54) is 11.1 Å². The zero-order valence-electron chi connectivity index (χ0n) is 14.6. The smallest absolute Gasteiger partial charge is 0.313 e. The van der Waals surface area contributed by atoms with E-state index in [1.807, 2.05) is 0 Å². The molecule has 2 heterocycles. The fourth-order valence-electron chi connectivity index (χ4n) is 3.81. The number of allylic oxidation sites excluding steroid dienone is 2. The lowest BCUT2D eigenvalue weighted by atomic mass is 9.76. The number of epoxide rings is 1. The van der Waals surface area contributed by atoms with E-state index in [2.05, 4.69) is 39.5 Å². The Morgan fingerprint density at radius 1 is 1.39 bits per heavy atom. The highest BCUT2D eigenvalue weighted by atomic mass is 16.6. The first kappa shape index (κ1) is 16.5. The number of rotatable bonds is 2. The molecule has 2 fully saturated rings. The number of fused-ring (bicyclic) bond motifs is 1. The highest BCUT2D eigenvalue weighted by molar-refractivity contribution is 5.78. The van der Waals surface area contributed by atoms with Crippen LogP contribution in [-0.4, -0.2) is 24.3 Å². The molecule has 0 spiro atoms. The van der Waals surface area contributed by atoms with E-state index in [-0.39, 0.29) is 23.4 Å². The van der Waals surface area contributed by atoms with Crippen molar-refractivity contribution in [2.45, 2.75) is 64.6 Å². The van der Waals surface area contributed by atoms with Crippen molar-refractivity contribution in [2.24, 2.45) is 11.8 Å². The maximum atomic E-state index is 12.3. The third-order valence-corrected chi connectivity index (χ3v) is 5.52. The van der Waals surface area contributed by atoms with E-state index < -0.39 is 0 Å². The van der Waals surface area contributed by atoms with Crippen LogP contribution in [-0.2, 0) is 14.3 Å². The molecule has 0 bridgehead atoms. The molecule has 3 nitrogen and oxygen atoms in total. The van der Waals surface area contributed by atoms with Crippen molar-refractivity contribution in [1.82, 2.24) is 0 Å². The summed E-state index contributed by atoms with van der Waals surface area (Å²) in [5.74, 6) is -0.00537. The van der Waals surface area contributed by atoms with Gasteiger partial charge in [-0.25, -0.2) is 0 Å². The molecule has 0 aromatic rings. The normalized spacial score (nSPS) is 37.8. The van der Waals surface area contributed by atoms with Crippen molar-refractivity contribution in [3.8, 4) is 0 Å². The van der Waals surface area contributed by atoms with Crippen LogP contribution in [0.15, 0.2) is 35.5 Å². The highest BCUT2D eigenvalue weighted by Crippen LogP contribution is 2.41. The van der Waals surface area contributed by atoms with Gasteiger partial charge in [-0.1, -0.05) is 29.9 Å². The quantitative estimate of drug-likeness (QED) is 0.432. The SMILES string of the molecule is C=C1CC/C=C(\C)CC[C@H]2/C(=C\CC3OC3(C)C)COC(=O)[C@H]12. The molecule has 3 rings (SSSR count). The molecule has 0 saturated carbocycles. The minimum Gasteiger partial charge on any atom is -0.461 e. The predicted octanol–water partition coefficient (Wildman–Crippen LogP) is 4.35. The molecular formula is C20H28O3. The Labute approximate surface area is 139 Å². The van der Waals surface area contributed by atoms with Gasteiger partial charge in [-0.2, -0.15) is 0 Å². The summed E-state index contributed by atoms with van der Waals surface area (Å²) in [6.07, 6.45) is 9.65. The summed E-state index contributed by atoms with van der Waals surface area (Å²) in [6.45, 7) is 11.1. The number of ether oxygens (including phenoxy) is 2. The zero-order valence-corrected chi connectivity index (χ0v) is 14.6. The summed E-state index contributed by atoms with van der Waals surface area (Å²) < 4.78 is 11.1. The maximum absolute atomic E-state index is 12.3. The second-order valence-corrected chi connectivity index (χ2v) is 7.70. The summed E-state index contributed by atoms with van der Waals surface area (Å²) >= 11 is 0. The molecule has 126 valence electrons. The Balaban J connectivity index is 1.80. The Bertz CT molecular complexity index is 567. The van der Waals surface area contributed by atoms with Gasteiger partial charge in [0.05, 0.1) is 17.6 Å². The number of hydrogen-bond acceptors (Lipinski definition) is 3. The zero-order chi connectivity index (χ0) is 16.6. The molecule has 1 aliphatic carbocycles. The molecule has 3 aliphatic rings. The minimum atomic E-state index is -0.164. The second-order valence-electron chi connectivity index (χ2n) is 7.70. The van der Waals surface area contributed by atoms with Gasteiger partial charge in [0.1, 0.15) is 6.61 Å². The van der Waals surface area contributed by atoms with Crippen molar-refractivity contribution in [1.29, 1.82) is 0 Å². The Kier molecular flexibility index (Phi) is 4.50. The van der Waals surface area contributed by atoms with Crippen molar-refractivity contribution in [3.05, 3.63) is 35.5 Å². The van der Waals surface area contributed by atoms with E-state index in [9.17, 15) is 4.79 Å².